The van der Waals surface area contributed by atoms with E-state index in [0.717, 1.165) is 18.5 Å². The van der Waals surface area contributed by atoms with Crippen LogP contribution in [0.3, 0.4) is 0 Å². The normalized spacial score (nSPS) is 33.5. The summed E-state index contributed by atoms with van der Waals surface area (Å²) in [6, 6.07) is 1.46. The molecule has 0 bridgehead atoms. The number of nitrogens with one attached hydrogen (secondary N) is 1. The summed E-state index contributed by atoms with van der Waals surface area (Å²) in [5, 5.41) is 3.65. The SMILES string of the molecule is CC1CNC(C)(C)CN1C(C)C1CCCCC1. The zero-order valence-corrected chi connectivity index (χ0v) is 12.1. The van der Waals surface area contributed by atoms with Gasteiger partial charge >= 0.3 is 0 Å². The van der Waals surface area contributed by atoms with Crippen molar-refractivity contribution >= 4 is 0 Å². The molecule has 17 heavy (non-hydrogen) atoms. The van der Waals surface area contributed by atoms with E-state index in [1.165, 1.54) is 38.6 Å². The van der Waals surface area contributed by atoms with Crippen molar-refractivity contribution in [3.8, 4) is 0 Å². The average molecular weight is 238 g/mol. The van der Waals surface area contributed by atoms with Gasteiger partial charge in [-0.05, 0) is 46.5 Å². The van der Waals surface area contributed by atoms with Gasteiger partial charge in [0.2, 0.25) is 0 Å². The second-order valence-electron chi connectivity index (χ2n) is 6.92. The average Bonchev–Trinajstić information content (AvgIpc) is 2.33. The molecule has 100 valence electrons. The first-order valence-corrected chi connectivity index (χ1v) is 7.50. The Morgan fingerprint density at radius 3 is 2.47 bits per heavy atom. The minimum atomic E-state index is 0.287. The highest BCUT2D eigenvalue weighted by atomic mass is 15.3. The molecule has 1 N–H and O–H groups in total. The number of rotatable bonds is 2. The summed E-state index contributed by atoms with van der Waals surface area (Å²) in [7, 11) is 0. The van der Waals surface area contributed by atoms with Crippen LogP contribution in [0.15, 0.2) is 0 Å². The lowest BCUT2D eigenvalue weighted by Gasteiger charge is -2.48. The molecule has 0 aromatic rings. The van der Waals surface area contributed by atoms with Crippen LogP contribution in [0.4, 0.5) is 0 Å². The minimum Gasteiger partial charge on any atom is -0.309 e. The lowest BCUT2D eigenvalue weighted by atomic mass is 9.82. The van der Waals surface area contributed by atoms with Crippen molar-refractivity contribution in [1.29, 1.82) is 0 Å². The first kappa shape index (κ1) is 13.4. The molecule has 2 aliphatic rings. The Bertz CT molecular complexity index is 243. The fraction of sp³-hybridized carbons (Fsp3) is 1.00. The van der Waals surface area contributed by atoms with Crippen LogP contribution in [0.1, 0.15) is 59.8 Å². The van der Waals surface area contributed by atoms with Crippen molar-refractivity contribution in [2.75, 3.05) is 13.1 Å². The predicted octanol–water partition coefficient (Wildman–Crippen LogP) is 3.03. The Hall–Kier alpha value is -0.0800. The third kappa shape index (κ3) is 3.23. The van der Waals surface area contributed by atoms with E-state index in [1.807, 2.05) is 0 Å². The van der Waals surface area contributed by atoms with E-state index in [0.29, 0.717) is 6.04 Å². The van der Waals surface area contributed by atoms with E-state index in [4.69, 9.17) is 0 Å². The fourth-order valence-corrected chi connectivity index (χ4v) is 3.64. The van der Waals surface area contributed by atoms with Gasteiger partial charge in [0.05, 0.1) is 0 Å². The zero-order valence-electron chi connectivity index (χ0n) is 12.1. The first-order valence-electron chi connectivity index (χ1n) is 7.50. The summed E-state index contributed by atoms with van der Waals surface area (Å²) >= 11 is 0. The molecule has 1 aliphatic heterocycles. The van der Waals surface area contributed by atoms with Crippen LogP contribution in [0, 0.1) is 5.92 Å². The summed E-state index contributed by atoms with van der Waals surface area (Å²) in [6.07, 6.45) is 7.29. The van der Waals surface area contributed by atoms with Gasteiger partial charge in [-0.2, -0.15) is 0 Å². The van der Waals surface area contributed by atoms with Crippen LogP contribution in [0.5, 0.6) is 0 Å². The molecule has 0 aromatic carbocycles. The topological polar surface area (TPSA) is 15.3 Å². The summed E-state index contributed by atoms with van der Waals surface area (Å²) in [6.45, 7) is 11.9. The molecule has 1 aliphatic carbocycles. The maximum absolute atomic E-state index is 3.65. The van der Waals surface area contributed by atoms with Gasteiger partial charge in [0.25, 0.3) is 0 Å². The molecule has 1 heterocycles. The quantitative estimate of drug-likeness (QED) is 0.795. The van der Waals surface area contributed by atoms with Crippen molar-refractivity contribution in [2.45, 2.75) is 77.4 Å². The molecule has 2 nitrogen and oxygen atoms in total. The maximum Gasteiger partial charge on any atom is 0.0253 e. The summed E-state index contributed by atoms with van der Waals surface area (Å²) in [5.74, 6) is 0.945. The van der Waals surface area contributed by atoms with Crippen LogP contribution in [0.25, 0.3) is 0 Å². The van der Waals surface area contributed by atoms with E-state index in [9.17, 15) is 0 Å². The lowest BCUT2D eigenvalue weighted by molar-refractivity contribution is 0.0349. The van der Waals surface area contributed by atoms with Gasteiger partial charge in [0.1, 0.15) is 0 Å². The van der Waals surface area contributed by atoms with Crippen LogP contribution in [-0.4, -0.2) is 35.6 Å². The smallest absolute Gasteiger partial charge is 0.0253 e. The summed E-state index contributed by atoms with van der Waals surface area (Å²) < 4.78 is 0. The maximum atomic E-state index is 3.65. The molecular formula is C15H30N2. The highest BCUT2D eigenvalue weighted by Crippen LogP contribution is 2.31. The van der Waals surface area contributed by atoms with Gasteiger partial charge in [0, 0.05) is 30.7 Å². The van der Waals surface area contributed by atoms with E-state index < -0.39 is 0 Å². The molecule has 0 spiro atoms. The molecular weight excluding hydrogens is 208 g/mol. The summed E-state index contributed by atoms with van der Waals surface area (Å²) in [5.41, 5.74) is 0.287. The number of nitrogens with zero attached hydrogens (tertiary/aromatic N) is 1. The van der Waals surface area contributed by atoms with Crippen molar-refractivity contribution < 1.29 is 0 Å². The third-order valence-corrected chi connectivity index (χ3v) is 4.88. The summed E-state index contributed by atoms with van der Waals surface area (Å²) in [4.78, 5) is 2.76. The van der Waals surface area contributed by atoms with Crippen molar-refractivity contribution in [3.05, 3.63) is 0 Å². The van der Waals surface area contributed by atoms with Gasteiger partial charge in [-0.15, -0.1) is 0 Å². The molecule has 0 aromatic heterocycles. The van der Waals surface area contributed by atoms with Crippen LogP contribution in [0.2, 0.25) is 0 Å². The number of hydrogen-bond donors (Lipinski definition) is 1. The molecule has 2 fully saturated rings. The van der Waals surface area contributed by atoms with Crippen molar-refractivity contribution in [2.24, 2.45) is 5.92 Å². The van der Waals surface area contributed by atoms with E-state index >= 15 is 0 Å². The van der Waals surface area contributed by atoms with Gasteiger partial charge in [-0.3, -0.25) is 4.90 Å². The van der Waals surface area contributed by atoms with E-state index in [-0.39, 0.29) is 5.54 Å². The Labute approximate surface area is 107 Å². The Balaban J connectivity index is 1.98. The number of piperazine rings is 1. The Morgan fingerprint density at radius 2 is 1.82 bits per heavy atom. The molecule has 2 heteroatoms. The molecule has 1 saturated heterocycles. The highest BCUT2D eigenvalue weighted by Gasteiger charge is 2.35. The first-order chi connectivity index (χ1) is 7.99. The van der Waals surface area contributed by atoms with Crippen LogP contribution in [-0.2, 0) is 0 Å². The number of hydrogen-bond acceptors (Lipinski definition) is 2. The predicted molar refractivity (Wildman–Crippen MR) is 74.3 cm³/mol. The standard InChI is InChI=1S/C15H30N2/c1-12-10-16-15(3,4)11-17(12)13(2)14-8-6-5-7-9-14/h12-14,16H,5-11H2,1-4H3. The lowest BCUT2D eigenvalue weighted by Crippen LogP contribution is -2.63. The van der Waals surface area contributed by atoms with Gasteiger partial charge in [0.15, 0.2) is 0 Å². The highest BCUT2D eigenvalue weighted by molar-refractivity contribution is 4.94. The molecule has 2 atom stereocenters. The second-order valence-corrected chi connectivity index (χ2v) is 6.92. The Kier molecular flexibility index (Phi) is 4.14. The molecule has 0 amide bonds. The van der Waals surface area contributed by atoms with Gasteiger partial charge < -0.3 is 5.32 Å². The van der Waals surface area contributed by atoms with Crippen LogP contribution >= 0.6 is 0 Å². The van der Waals surface area contributed by atoms with Crippen molar-refractivity contribution in [3.63, 3.8) is 0 Å². The van der Waals surface area contributed by atoms with Gasteiger partial charge in [-0.1, -0.05) is 19.3 Å². The molecule has 1 saturated carbocycles. The van der Waals surface area contributed by atoms with E-state index in [2.05, 4.69) is 37.9 Å². The second kappa shape index (κ2) is 5.27. The van der Waals surface area contributed by atoms with Crippen LogP contribution < -0.4 is 5.32 Å². The Morgan fingerprint density at radius 1 is 1.18 bits per heavy atom. The molecule has 2 unspecified atom stereocenters. The third-order valence-electron chi connectivity index (χ3n) is 4.88. The fourth-order valence-electron chi connectivity index (χ4n) is 3.64. The monoisotopic (exact) mass is 238 g/mol. The molecule has 2 rings (SSSR count). The van der Waals surface area contributed by atoms with Gasteiger partial charge in [-0.25, -0.2) is 0 Å². The van der Waals surface area contributed by atoms with E-state index in [1.54, 1.807) is 0 Å². The zero-order chi connectivity index (χ0) is 12.5. The largest absolute Gasteiger partial charge is 0.309 e. The minimum absolute atomic E-state index is 0.287. The van der Waals surface area contributed by atoms with Crippen molar-refractivity contribution in [1.82, 2.24) is 10.2 Å². The molecule has 0 radical (unpaired) electrons.